The van der Waals surface area contributed by atoms with Crippen molar-refractivity contribution in [1.29, 1.82) is 0 Å². The highest BCUT2D eigenvalue weighted by molar-refractivity contribution is 6.01. The minimum atomic E-state index is 0.705. The van der Waals surface area contributed by atoms with Gasteiger partial charge in [-0.05, 0) is 111 Å². The molecule has 82 heavy (non-hydrogen) atoms. The van der Waals surface area contributed by atoms with Crippen molar-refractivity contribution in [3.63, 3.8) is 0 Å². The molecule has 0 N–H and O–H groups in total. The van der Waals surface area contributed by atoms with Crippen LogP contribution in [-0.2, 0) is 0 Å². The van der Waals surface area contributed by atoms with Gasteiger partial charge in [-0.25, -0.2) is 0 Å². The molecule has 0 amide bonds. The molecule has 0 fully saturated rings. The summed E-state index contributed by atoms with van der Waals surface area (Å²) in [6, 6.07) is 120. The summed E-state index contributed by atoms with van der Waals surface area (Å²) in [5.41, 5.74) is 18.5. The molecule has 0 saturated heterocycles. The minimum Gasteiger partial charge on any atom is -0.457 e. The third-order valence-electron chi connectivity index (χ3n) is 14.7. The number of benzene rings is 13. The fourth-order valence-electron chi connectivity index (χ4n) is 10.9. The van der Waals surface area contributed by atoms with Crippen molar-refractivity contribution in [3.05, 3.63) is 340 Å². The first-order valence-electron chi connectivity index (χ1n) is 27.7. The van der Waals surface area contributed by atoms with Crippen LogP contribution in [-0.4, -0.2) is 0 Å². The van der Waals surface area contributed by atoms with E-state index in [9.17, 15) is 0 Å². The van der Waals surface area contributed by atoms with Gasteiger partial charge in [0.15, 0.2) is 0 Å². The maximum Gasteiger partial charge on any atom is 0.130 e. The third kappa shape index (κ3) is 10.9. The average Bonchev–Trinajstić information content (AvgIpc) is 3.67. The Morgan fingerprint density at radius 3 is 0.744 bits per heavy atom. The zero-order valence-electron chi connectivity index (χ0n) is 45.0. The molecule has 0 aromatic heterocycles. The average molecular weight is 1050 g/mol. The van der Waals surface area contributed by atoms with Crippen LogP contribution in [0, 0.1) is 0 Å². The quantitative estimate of drug-likeness (QED) is 0.0963. The maximum atomic E-state index is 6.88. The van der Waals surface area contributed by atoms with Gasteiger partial charge in [-0.3, -0.25) is 0 Å². The standard InChI is InChI=1S/C78H56N2O2/c1-9-28-57(29-10-1)63-50-67(55-71(52-63)81-69-42-21-7-22-43-69)79(77-73(59-32-13-3-14-33-59)46-26-47-74(77)60-34-15-4-16-35-60)65-40-25-41-66(54-65)80(78-75(61-36-17-5-18-37-61)48-27-49-76(78)62-38-19-6-20-39-62)68-51-64(58-30-11-2-12-31-58)53-72(56-68)82-70-44-23-8-24-45-70/h1-56H. The van der Waals surface area contributed by atoms with Crippen LogP contribution < -0.4 is 19.3 Å². The molecule has 0 aliphatic carbocycles. The molecule has 13 aromatic rings. The molecule has 390 valence electrons. The van der Waals surface area contributed by atoms with Crippen LogP contribution in [0.3, 0.4) is 0 Å². The smallest absolute Gasteiger partial charge is 0.130 e. The number of hydrogen-bond acceptors (Lipinski definition) is 4. The minimum absolute atomic E-state index is 0.705. The molecule has 0 bridgehead atoms. The van der Waals surface area contributed by atoms with Gasteiger partial charge in [0.1, 0.15) is 23.0 Å². The van der Waals surface area contributed by atoms with Crippen molar-refractivity contribution < 1.29 is 9.47 Å². The molecule has 0 spiro atoms. The van der Waals surface area contributed by atoms with Crippen LogP contribution in [0.15, 0.2) is 340 Å². The van der Waals surface area contributed by atoms with Gasteiger partial charge in [-0.2, -0.15) is 0 Å². The summed E-state index contributed by atoms with van der Waals surface area (Å²) in [7, 11) is 0. The van der Waals surface area contributed by atoms with Crippen LogP contribution in [0.4, 0.5) is 34.1 Å². The van der Waals surface area contributed by atoms with Crippen LogP contribution in [0.5, 0.6) is 23.0 Å². The summed E-state index contributed by atoms with van der Waals surface area (Å²) >= 11 is 0. The van der Waals surface area contributed by atoms with Gasteiger partial charge < -0.3 is 19.3 Å². The molecule has 4 heteroatoms. The first-order valence-corrected chi connectivity index (χ1v) is 27.7. The highest BCUT2D eigenvalue weighted by Gasteiger charge is 2.27. The van der Waals surface area contributed by atoms with Crippen molar-refractivity contribution >= 4 is 34.1 Å². The highest BCUT2D eigenvalue weighted by Crippen LogP contribution is 2.52. The summed E-state index contributed by atoms with van der Waals surface area (Å²) in [4.78, 5) is 4.87. The van der Waals surface area contributed by atoms with Crippen LogP contribution in [0.2, 0.25) is 0 Å². The lowest BCUT2D eigenvalue weighted by Crippen LogP contribution is -2.16. The second-order valence-corrected chi connectivity index (χ2v) is 20.1. The van der Waals surface area contributed by atoms with Gasteiger partial charge in [0.05, 0.1) is 22.7 Å². The van der Waals surface area contributed by atoms with E-state index in [0.717, 1.165) is 112 Å². The summed E-state index contributed by atoms with van der Waals surface area (Å²) in [6.45, 7) is 0. The van der Waals surface area contributed by atoms with E-state index in [-0.39, 0.29) is 0 Å². The molecular formula is C78H56N2O2. The Balaban J connectivity index is 1.13. The van der Waals surface area contributed by atoms with E-state index in [4.69, 9.17) is 9.47 Å². The number of ether oxygens (including phenoxy) is 2. The van der Waals surface area contributed by atoms with Gasteiger partial charge >= 0.3 is 0 Å². The van der Waals surface area contributed by atoms with Crippen molar-refractivity contribution in [2.75, 3.05) is 9.80 Å². The molecule has 0 aliphatic rings. The van der Waals surface area contributed by atoms with Gasteiger partial charge in [-0.15, -0.1) is 0 Å². The number of para-hydroxylation sites is 4. The van der Waals surface area contributed by atoms with Gasteiger partial charge in [0.25, 0.3) is 0 Å². The second-order valence-electron chi connectivity index (χ2n) is 20.1. The van der Waals surface area contributed by atoms with Gasteiger partial charge in [0.2, 0.25) is 0 Å². The number of hydrogen-bond donors (Lipinski definition) is 0. The van der Waals surface area contributed by atoms with Gasteiger partial charge in [0, 0.05) is 45.8 Å². The molecule has 0 heterocycles. The van der Waals surface area contributed by atoms with E-state index in [1.165, 1.54) is 0 Å². The lowest BCUT2D eigenvalue weighted by Gasteiger charge is -2.34. The Bertz CT molecular complexity index is 3850. The maximum absolute atomic E-state index is 6.88. The Morgan fingerprint density at radius 1 is 0.171 bits per heavy atom. The Morgan fingerprint density at radius 2 is 0.439 bits per heavy atom. The lowest BCUT2D eigenvalue weighted by atomic mass is 9.93. The van der Waals surface area contributed by atoms with Crippen LogP contribution in [0.1, 0.15) is 0 Å². The molecule has 13 aromatic carbocycles. The number of rotatable bonds is 16. The van der Waals surface area contributed by atoms with Crippen molar-refractivity contribution in [2.45, 2.75) is 0 Å². The summed E-state index contributed by atoms with van der Waals surface area (Å²) in [5, 5.41) is 0. The molecule has 0 atom stereocenters. The fraction of sp³-hybridized carbons (Fsp3) is 0. The van der Waals surface area contributed by atoms with Crippen molar-refractivity contribution in [1.82, 2.24) is 0 Å². The molecular weight excluding hydrogens is 997 g/mol. The molecule has 0 radical (unpaired) electrons. The van der Waals surface area contributed by atoms with E-state index in [2.05, 4.69) is 289 Å². The van der Waals surface area contributed by atoms with E-state index < -0.39 is 0 Å². The summed E-state index contributed by atoms with van der Waals surface area (Å²) in [6.07, 6.45) is 0. The Hall–Kier alpha value is -10.9. The Kier molecular flexibility index (Phi) is 14.5. The number of anilines is 6. The largest absolute Gasteiger partial charge is 0.457 e. The first-order chi connectivity index (χ1) is 40.7. The summed E-state index contributed by atoms with van der Waals surface area (Å²) in [5.74, 6) is 2.91. The van der Waals surface area contributed by atoms with Gasteiger partial charge in [-0.1, -0.05) is 261 Å². The first kappa shape index (κ1) is 50.6. The Labute approximate surface area is 480 Å². The zero-order valence-corrected chi connectivity index (χ0v) is 45.0. The number of nitrogens with zero attached hydrogens (tertiary/aromatic N) is 2. The molecule has 0 unspecified atom stereocenters. The summed E-state index contributed by atoms with van der Waals surface area (Å²) < 4.78 is 13.8. The SMILES string of the molecule is c1ccc(Oc2cc(-c3ccccc3)cc(N(c3cccc(N(c4cc(Oc5ccccc5)cc(-c5ccccc5)c4)c4c(-c5ccccc5)cccc4-c4ccccc4)c3)c3c(-c4ccccc4)cccc3-c3ccccc3)c2)cc1. The predicted octanol–water partition coefficient (Wildman–Crippen LogP) is 22.2. The van der Waals surface area contributed by atoms with E-state index in [0.29, 0.717) is 11.5 Å². The van der Waals surface area contributed by atoms with E-state index in [1.54, 1.807) is 0 Å². The lowest BCUT2D eigenvalue weighted by molar-refractivity contribution is 0.483. The third-order valence-corrected chi connectivity index (χ3v) is 14.7. The fourth-order valence-corrected chi connectivity index (χ4v) is 10.9. The predicted molar refractivity (Wildman–Crippen MR) is 341 cm³/mol. The topological polar surface area (TPSA) is 24.9 Å². The highest BCUT2D eigenvalue weighted by atomic mass is 16.5. The molecule has 13 rings (SSSR count). The zero-order chi connectivity index (χ0) is 54.9. The molecule has 0 saturated carbocycles. The van der Waals surface area contributed by atoms with Crippen molar-refractivity contribution in [2.24, 2.45) is 0 Å². The van der Waals surface area contributed by atoms with Crippen LogP contribution >= 0.6 is 0 Å². The monoisotopic (exact) mass is 1050 g/mol. The van der Waals surface area contributed by atoms with E-state index in [1.807, 2.05) is 60.7 Å². The normalized spacial score (nSPS) is 10.9. The molecule has 0 aliphatic heterocycles. The van der Waals surface area contributed by atoms with E-state index >= 15 is 0 Å². The van der Waals surface area contributed by atoms with Crippen molar-refractivity contribution in [3.8, 4) is 89.8 Å². The molecule has 4 nitrogen and oxygen atoms in total. The van der Waals surface area contributed by atoms with Crippen LogP contribution in [0.25, 0.3) is 66.8 Å². The second kappa shape index (κ2) is 23.6.